The van der Waals surface area contributed by atoms with Gasteiger partial charge in [0.25, 0.3) is 0 Å². The third-order valence-electron chi connectivity index (χ3n) is 9.32. The molecule has 4 aliphatic rings. The van der Waals surface area contributed by atoms with Crippen molar-refractivity contribution in [2.45, 2.75) is 77.4 Å². The van der Waals surface area contributed by atoms with Crippen LogP contribution in [-0.2, 0) is 24.0 Å². The van der Waals surface area contributed by atoms with Crippen molar-refractivity contribution in [3.63, 3.8) is 0 Å². The predicted molar refractivity (Wildman–Crippen MR) is 112 cm³/mol. The van der Waals surface area contributed by atoms with Crippen molar-refractivity contribution >= 4 is 5.78 Å². The molecule has 6 heteroatoms. The van der Waals surface area contributed by atoms with E-state index < -0.39 is 6.10 Å². The molecule has 0 saturated heterocycles. The van der Waals surface area contributed by atoms with Crippen molar-refractivity contribution in [2.75, 3.05) is 33.5 Å². The molecule has 4 fully saturated rings. The van der Waals surface area contributed by atoms with Crippen molar-refractivity contribution in [3.05, 3.63) is 0 Å². The molecule has 1 N–H and O–H groups in total. The molecule has 0 radical (unpaired) electrons. The molecule has 0 aromatic heterocycles. The number of hydrogen-bond donors (Lipinski definition) is 1. The van der Waals surface area contributed by atoms with Crippen LogP contribution in [0.2, 0.25) is 0 Å². The maximum atomic E-state index is 12.6. The quantitative estimate of drug-likeness (QED) is 0.365. The smallest absolute Gasteiger partial charge is 0.139 e. The summed E-state index contributed by atoms with van der Waals surface area (Å²) in [6.45, 7) is 6.34. The first-order valence-electron chi connectivity index (χ1n) is 12.0. The fourth-order valence-corrected chi connectivity index (χ4v) is 7.66. The number of ketones is 1. The molecule has 0 aliphatic heterocycles. The third-order valence-corrected chi connectivity index (χ3v) is 9.32. The minimum absolute atomic E-state index is 0.0748. The Morgan fingerprint density at radius 2 is 1.77 bits per heavy atom. The van der Waals surface area contributed by atoms with Crippen LogP contribution in [0.15, 0.2) is 0 Å². The van der Waals surface area contributed by atoms with E-state index in [0.717, 1.165) is 38.5 Å². The third kappa shape index (κ3) is 3.99. The molecule has 0 amide bonds. The van der Waals surface area contributed by atoms with Gasteiger partial charge in [-0.2, -0.15) is 0 Å². The van der Waals surface area contributed by atoms with Gasteiger partial charge in [0, 0.05) is 18.9 Å². The molecule has 0 bridgehead atoms. The summed E-state index contributed by atoms with van der Waals surface area (Å²) in [6, 6.07) is 0. The van der Waals surface area contributed by atoms with Crippen LogP contribution in [0.4, 0.5) is 0 Å². The van der Waals surface area contributed by atoms with Crippen molar-refractivity contribution < 1.29 is 29.1 Å². The average Bonchev–Trinajstić information content (AvgIpc) is 3.03. The summed E-state index contributed by atoms with van der Waals surface area (Å²) < 4.78 is 11.0. The molecule has 4 rings (SSSR count). The van der Waals surface area contributed by atoms with E-state index in [9.17, 15) is 9.90 Å². The number of aliphatic hydroxyl groups is 1. The zero-order valence-electron chi connectivity index (χ0n) is 18.9. The van der Waals surface area contributed by atoms with E-state index >= 15 is 0 Å². The van der Waals surface area contributed by atoms with Gasteiger partial charge in [-0.25, -0.2) is 9.78 Å². The van der Waals surface area contributed by atoms with E-state index in [4.69, 9.17) is 19.2 Å². The Hall–Kier alpha value is -0.530. The van der Waals surface area contributed by atoms with Crippen LogP contribution in [0, 0.1) is 34.5 Å². The predicted octanol–water partition coefficient (Wildman–Crippen LogP) is 3.55. The fraction of sp³-hybridized carbons (Fsp3) is 0.958. The van der Waals surface area contributed by atoms with Crippen LogP contribution < -0.4 is 0 Å². The monoisotopic (exact) mass is 424 g/mol. The van der Waals surface area contributed by atoms with Crippen LogP contribution in [0.1, 0.15) is 65.2 Å². The molecule has 0 unspecified atom stereocenters. The zero-order valence-corrected chi connectivity index (χ0v) is 18.9. The van der Waals surface area contributed by atoms with Gasteiger partial charge in [-0.05, 0) is 74.0 Å². The van der Waals surface area contributed by atoms with E-state index in [1.54, 1.807) is 7.11 Å². The maximum Gasteiger partial charge on any atom is 0.139 e. The van der Waals surface area contributed by atoms with Gasteiger partial charge in [0.2, 0.25) is 0 Å². The van der Waals surface area contributed by atoms with Crippen molar-refractivity contribution in [2.24, 2.45) is 34.5 Å². The van der Waals surface area contributed by atoms with Gasteiger partial charge in [-0.1, -0.05) is 13.8 Å². The molecule has 0 spiro atoms. The summed E-state index contributed by atoms with van der Waals surface area (Å²) in [5.41, 5.74) is 0.115. The highest BCUT2D eigenvalue weighted by molar-refractivity contribution is 5.87. The number of ether oxygens (including phenoxy) is 2. The first-order valence-corrected chi connectivity index (χ1v) is 12.0. The number of fused-ring (bicyclic) bond motifs is 5. The molecule has 0 aromatic carbocycles. The van der Waals surface area contributed by atoms with Crippen molar-refractivity contribution in [3.8, 4) is 0 Å². The molecule has 172 valence electrons. The summed E-state index contributed by atoms with van der Waals surface area (Å²) in [6.07, 6.45) is 7.64. The van der Waals surface area contributed by atoms with Crippen LogP contribution in [0.5, 0.6) is 0 Å². The highest BCUT2D eigenvalue weighted by atomic mass is 17.2. The van der Waals surface area contributed by atoms with Crippen LogP contribution in [0.3, 0.4) is 0 Å². The Morgan fingerprint density at radius 3 is 2.53 bits per heavy atom. The second kappa shape index (κ2) is 9.14. The SMILES string of the molecule is COCCOOCCO[C@H]1C[C@@]2(C)[C@@H](CC[C@@H]3[C@@H]2CC[C@]2(C)C(=O)CC[C@@H]32)C[C@@H]1O. The molecular weight excluding hydrogens is 384 g/mol. The van der Waals surface area contributed by atoms with Gasteiger partial charge in [-0.15, -0.1) is 0 Å². The second-order valence-corrected chi connectivity index (χ2v) is 10.6. The molecule has 4 aliphatic carbocycles. The maximum absolute atomic E-state index is 12.6. The first-order chi connectivity index (χ1) is 14.4. The lowest BCUT2D eigenvalue weighted by Crippen LogP contribution is -2.57. The number of carbonyl (C=O) groups excluding carboxylic acids is 1. The van der Waals surface area contributed by atoms with E-state index in [-0.39, 0.29) is 16.9 Å². The topological polar surface area (TPSA) is 74.2 Å². The molecule has 0 heterocycles. The molecule has 0 aromatic rings. The molecule has 6 nitrogen and oxygen atoms in total. The summed E-state index contributed by atoms with van der Waals surface area (Å²) in [5.74, 6) is 2.93. The number of rotatable bonds is 8. The van der Waals surface area contributed by atoms with Crippen molar-refractivity contribution in [1.29, 1.82) is 0 Å². The molecule has 4 saturated carbocycles. The number of methoxy groups -OCH3 is 1. The Balaban J connectivity index is 1.37. The number of carbonyl (C=O) groups is 1. The van der Waals surface area contributed by atoms with Gasteiger partial charge < -0.3 is 14.6 Å². The van der Waals surface area contributed by atoms with Crippen LogP contribution in [-0.4, -0.2) is 56.6 Å². The van der Waals surface area contributed by atoms with Crippen molar-refractivity contribution in [1.82, 2.24) is 0 Å². The minimum atomic E-state index is -0.407. The number of aliphatic hydroxyl groups excluding tert-OH is 1. The summed E-state index contributed by atoms with van der Waals surface area (Å²) in [5, 5.41) is 10.8. The number of Topliss-reactive ketones (excluding diaryl/α,β-unsaturated/α-hetero) is 1. The summed E-state index contributed by atoms with van der Waals surface area (Å²) in [4.78, 5) is 22.8. The number of hydrogen-bond acceptors (Lipinski definition) is 6. The minimum Gasteiger partial charge on any atom is -0.390 e. The fourth-order valence-electron chi connectivity index (χ4n) is 7.66. The molecule has 8 atom stereocenters. The molecule has 30 heavy (non-hydrogen) atoms. The summed E-state index contributed by atoms with van der Waals surface area (Å²) in [7, 11) is 1.62. The van der Waals surface area contributed by atoms with E-state index in [2.05, 4.69) is 13.8 Å². The van der Waals surface area contributed by atoms with E-state index in [1.165, 1.54) is 12.8 Å². The van der Waals surface area contributed by atoms with E-state index in [1.807, 2.05) is 0 Å². The average molecular weight is 425 g/mol. The Labute approximate surface area is 180 Å². The van der Waals surface area contributed by atoms with Gasteiger partial charge in [0.05, 0.1) is 25.4 Å². The van der Waals surface area contributed by atoms with Crippen LogP contribution >= 0.6 is 0 Å². The van der Waals surface area contributed by atoms with Gasteiger partial charge in [0.15, 0.2) is 0 Å². The Bertz CT molecular complexity index is 611. The Morgan fingerprint density at radius 1 is 1.00 bits per heavy atom. The Kier molecular flexibility index (Phi) is 6.91. The first kappa shape index (κ1) is 22.7. The highest BCUT2D eigenvalue weighted by Crippen LogP contribution is 2.65. The lowest BCUT2D eigenvalue weighted by Gasteiger charge is -2.61. The van der Waals surface area contributed by atoms with Gasteiger partial charge >= 0.3 is 0 Å². The van der Waals surface area contributed by atoms with Gasteiger partial charge in [-0.3, -0.25) is 4.79 Å². The normalized spacial score (nSPS) is 45.7. The lowest BCUT2D eigenvalue weighted by molar-refractivity contribution is -0.305. The summed E-state index contributed by atoms with van der Waals surface area (Å²) >= 11 is 0. The van der Waals surface area contributed by atoms with Gasteiger partial charge in [0.1, 0.15) is 19.0 Å². The zero-order chi connectivity index (χ0) is 21.4. The standard InChI is InChI=1S/C24H40O6/c1-23-9-8-19-17(18(23)6-7-22(23)26)5-4-16-14-20(25)21(15-24(16,19)2)28-11-13-30-29-12-10-27-3/h16-21,25H,4-15H2,1-3H3/t16-,17-,18-,19-,20-,21-,23-,24-/m0/s1. The lowest BCUT2D eigenvalue weighted by atomic mass is 9.45. The highest BCUT2D eigenvalue weighted by Gasteiger charge is 2.61. The largest absolute Gasteiger partial charge is 0.390 e. The molecular formula is C24H40O6. The van der Waals surface area contributed by atoms with E-state index in [0.29, 0.717) is 55.9 Å². The van der Waals surface area contributed by atoms with Crippen LogP contribution in [0.25, 0.3) is 0 Å². The second-order valence-electron chi connectivity index (χ2n) is 10.6.